The molecule has 1 saturated heterocycles. The zero-order valence-electron chi connectivity index (χ0n) is 14.3. The Hall–Kier alpha value is -2.12. The molecule has 1 amide bonds. The number of benzene rings is 1. The molecule has 1 aromatic heterocycles. The number of carbonyl (C=O) groups excluding carboxylic acids is 1. The minimum Gasteiger partial charge on any atom is -0.497 e. The lowest BCUT2D eigenvalue weighted by Crippen LogP contribution is -2.47. The van der Waals surface area contributed by atoms with Gasteiger partial charge in [0.1, 0.15) is 11.8 Å². The minimum absolute atomic E-state index is 0. The van der Waals surface area contributed by atoms with Gasteiger partial charge in [0.25, 0.3) is 0 Å². The van der Waals surface area contributed by atoms with Crippen LogP contribution >= 0.6 is 12.4 Å². The van der Waals surface area contributed by atoms with E-state index < -0.39 is 0 Å². The second-order valence-electron chi connectivity index (χ2n) is 5.92. The summed E-state index contributed by atoms with van der Waals surface area (Å²) in [5.41, 5.74) is 0.803. The van der Waals surface area contributed by atoms with Gasteiger partial charge in [0, 0.05) is 5.56 Å². The van der Waals surface area contributed by atoms with Crippen molar-refractivity contribution in [2.75, 3.05) is 13.7 Å². The third-order valence-corrected chi connectivity index (χ3v) is 4.13. The quantitative estimate of drug-likeness (QED) is 0.845. The van der Waals surface area contributed by atoms with Gasteiger partial charge in [-0.25, -0.2) is 0 Å². The molecule has 0 radical (unpaired) electrons. The van der Waals surface area contributed by atoms with E-state index in [1.54, 1.807) is 7.11 Å². The van der Waals surface area contributed by atoms with Crippen LogP contribution in [0.4, 0.5) is 0 Å². The van der Waals surface area contributed by atoms with Crippen molar-refractivity contribution < 1.29 is 14.1 Å². The fourth-order valence-electron chi connectivity index (χ4n) is 2.74. The summed E-state index contributed by atoms with van der Waals surface area (Å²) < 4.78 is 10.5. The van der Waals surface area contributed by atoms with Crippen LogP contribution in [0, 0.1) is 0 Å². The van der Waals surface area contributed by atoms with Crippen LogP contribution in [0.3, 0.4) is 0 Å². The highest BCUT2D eigenvalue weighted by Gasteiger charge is 2.24. The van der Waals surface area contributed by atoms with Crippen LogP contribution in [-0.2, 0) is 4.79 Å². The van der Waals surface area contributed by atoms with Gasteiger partial charge >= 0.3 is 0 Å². The molecule has 2 unspecified atom stereocenters. The van der Waals surface area contributed by atoms with E-state index in [-0.39, 0.29) is 30.4 Å². The van der Waals surface area contributed by atoms with Crippen LogP contribution in [0.1, 0.15) is 38.1 Å². The molecule has 2 N–H and O–H groups in total. The molecule has 2 aromatic rings. The number of carbonyl (C=O) groups is 1. The third-order valence-electron chi connectivity index (χ3n) is 4.13. The summed E-state index contributed by atoms with van der Waals surface area (Å²) in [4.78, 5) is 16.6. The van der Waals surface area contributed by atoms with Crippen LogP contribution in [-0.4, -0.2) is 35.7 Å². The smallest absolute Gasteiger partial charge is 0.249 e. The molecule has 1 aliphatic heterocycles. The molecule has 0 aliphatic carbocycles. The Kier molecular flexibility index (Phi) is 6.78. The fourth-order valence-corrected chi connectivity index (χ4v) is 2.74. The summed E-state index contributed by atoms with van der Waals surface area (Å²) in [7, 11) is 1.61. The summed E-state index contributed by atoms with van der Waals surface area (Å²) in [5, 5.41) is 10.2. The lowest BCUT2D eigenvalue weighted by Gasteiger charge is -2.23. The highest BCUT2D eigenvalue weighted by atomic mass is 35.5. The maximum atomic E-state index is 12.3. The molecule has 136 valence electrons. The van der Waals surface area contributed by atoms with Crippen molar-refractivity contribution in [2.24, 2.45) is 0 Å². The van der Waals surface area contributed by atoms with Crippen molar-refractivity contribution in [3.05, 3.63) is 30.2 Å². The second-order valence-corrected chi connectivity index (χ2v) is 5.92. The Labute approximate surface area is 152 Å². The molecule has 7 nitrogen and oxygen atoms in total. The van der Waals surface area contributed by atoms with E-state index in [4.69, 9.17) is 9.26 Å². The number of ether oxygens (including phenoxy) is 1. The van der Waals surface area contributed by atoms with Crippen molar-refractivity contribution in [1.29, 1.82) is 0 Å². The van der Waals surface area contributed by atoms with Crippen LogP contribution in [0.25, 0.3) is 11.4 Å². The van der Waals surface area contributed by atoms with Gasteiger partial charge in [-0.2, -0.15) is 4.98 Å². The van der Waals surface area contributed by atoms with E-state index in [0.717, 1.165) is 37.1 Å². The van der Waals surface area contributed by atoms with E-state index in [1.165, 1.54) is 0 Å². The van der Waals surface area contributed by atoms with E-state index in [1.807, 2.05) is 31.2 Å². The van der Waals surface area contributed by atoms with Crippen LogP contribution in [0.15, 0.2) is 28.8 Å². The van der Waals surface area contributed by atoms with Crippen molar-refractivity contribution in [3.63, 3.8) is 0 Å². The number of rotatable bonds is 5. The zero-order valence-corrected chi connectivity index (χ0v) is 15.1. The van der Waals surface area contributed by atoms with Crippen molar-refractivity contribution >= 4 is 18.3 Å². The Morgan fingerprint density at radius 1 is 1.44 bits per heavy atom. The number of methoxy groups -OCH3 is 1. The molecule has 3 rings (SSSR count). The zero-order chi connectivity index (χ0) is 16.9. The average Bonchev–Trinajstić information content (AvgIpc) is 3.13. The number of aromatic nitrogens is 2. The topological polar surface area (TPSA) is 89.3 Å². The molecule has 2 heterocycles. The van der Waals surface area contributed by atoms with E-state index >= 15 is 0 Å². The van der Waals surface area contributed by atoms with Crippen molar-refractivity contribution in [1.82, 2.24) is 20.8 Å². The molecule has 25 heavy (non-hydrogen) atoms. The molecule has 1 aliphatic rings. The predicted octanol–water partition coefficient (Wildman–Crippen LogP) is 2.49. The second kappa shape index (κ2) is 8.82. The lowest BCUT2D eigenvalue weighted by atomic mass is 10.0. The first kappa shape index (κ1) is 19.2. The molecule has 2 atom stereocenters. The number of nitrogens with one attached hydrogen (secondary N) is 2. The van der Waals surface area contributed by atoms with Gasteiger partial charge in [-0.1, -0.05) is 23.7 Å². The Balaban J connectivity index is 0.00000225. The number of halogens is 1. The van der Waals surface area contributed by atoms with Crippen LogP contribution in [0.2, 0.25) is 0 Å². The normalized spacial score (nSPS) is 18.1. The summed E-state index contributed by atoms with van der Waals surface area (Å²) in [6, 6.07) is 6.96. The summed E-state index contributed by atoms with van der Waals surface area (Å²) in [5.74, 6) is 1.56. The van der Waals surface area contributed by atoms with Gasteiger partial charge in [-0.05, 0) is 38.4 Å². The Morgan fingerprint density at radius 2 is 2.28 bits per heavy atom. The molecule has 0 spiro atoms. The number of hydrogen-bond donors (Lipinski definition) is 2. The average molecular weight is 367 g/mol. The monoisotopic (exact) mass is 366 g/mol. The first-order valence-electron chi connectivity index (χ1n) is 8.19. The first-order chi connectivity index (χ1) is 11.7. The molecule has 1 fully saturated rings. The molecule has 1 aromatic carbocycles. The SMILES string of the molecule is COc1cccc(-c2noc(C(C)NC(=O)C3CCCCN3)n2)c1.Cl. The van der Waals surface area contributed by atoms with E-state index in [9.17, 15) is 4.79 Å². The van der Waals surface area contributed by atoms with Gasteiger partial charge in [0.15, 0.2) is 0 Å². The van der Waals surface area contributed by atoms with E-state index in [0.29, 0.717) is 11.7 Å². The number of hydrogen-bond acceptors (Lipinski definition) is 6. The van der Waals surface area contributed by atoms with Gasteiger partial charge in [0.2, 0.25) is 17.6 Å². The highest BCUT2D eigenvalue weighted by molar-refractivity contribution is 5.85. The van der Waals surface area contributed by atoms with Crippen LogP contribution in [0.5, 0.6) is 5.75 Å². The predicted molar refractivity (Wildman–Crippen MR) is 95.7 cm³/mol. The summed E-state index contributed by atoms with van der Waals surface area (Å²) >= 11 is 0. The number of piperidine rings is 1. The van der Waals surface area contributed by atoms with Gasteiger partial charge < -0.3 is 19.9 Å². The molecule has 0 saturated carbocycles. The lowest BCUT2D eigenvalue weighted by molar-refractivity contribution is -0.124. The molecule has 0 bridgehead atoms. The minimum atomic E-state index is -0.340. The molecule has 8 heteroatoms. The van der Waals surface area contributed by atoms with E-state index in [2.05, 4.69) is 20.8 Å². The fraction of sp³-hybridized carbons (Fsp3) is 0.471. The van der Waals surface area contributed by atoms with Gasteiger partial charge in [-0.3, -0.25) is 4.79 Å². The molecular formula is C17H23ClN4O3. The number of amides is 1. The van der Waals surface area contributed by atoms with Gasteiger partial charge in [0.05, 0.1) is 13.2 Å². The number of nitrogens with zero attached hydrogens (tertiary/aromatic N) is 2. The Morgan fingerprint density at radius 3 is 3.00 bits per heavy atom. The molecular weight excluding hydrogens is 344 g/mol. The van der Waals surface area contributed by atoms with Gasteiger partial charge in [-0.15, -0.1) is 12.4 Å². The standard InChI is InChI=1S/C17H22N4O3.ClH/c1-11(19-16(22)14-8-3-4-9-18-14)17-20-15(21-24-17)12-6-5-7-13(10-12)23-2;/h5-7,10-11,14,18H,3-4,8-9H2,1-2H3,(H,19,22);1H. The maximum Gasteiger partial charge on any atom is 0.249 e. The van der Waals surface area contributed by atoms with Crippen molar-refractivity contribution in [3.8, 4) is 17.1 Å². The maximum absolute atomic E-state index is 12.3. The highest BCUT2D eigenvalue weighted by Crippen LogP contribution is 2.22. The summed E-state index contributed by atoms with van der Waals surface area (Å²) in [6.07, 6.45) is 3.05. The summed E-state index contributed by atoms with van der Waals surface area (Å²) in [6.45, 7) is 2.72. The van der Waals surface area contributed by atoms with Crippen molar-refractivity contribution in [2.45, 2.75) is 38.3 Å². The largest absolute Gasteiger partial charge is 0.497 e. The third kappa shape index (κ3) is 4.70. The first-order valence-corrected chi connectivity index (χ1v) is 8.19. The Bertz CT molecular complexity index is 701. The van der Waals surface area contributed by atoms with Crippen LogP contribution < -0.4 is 15.4 Å².